The SMILES string of the molecule is CCC1CCCCC1NCC(C)(C)OC. The molecule has 2 atom stereocenters. The average Bonchev–Trinajstić information content (AvgIpc) is 2.27. The van der Waals surface area contributed by atoms with E-state index in [-0.39, 0.29) is 5.60 Å². The number of hydrogen-bond acceptors (Lipinski definition) is 2. The standard InChI is InChI=1S/C13H27NO/c1-5-11-8-6-7-9-12(11)14-10-13(2,3)15-4/h11-12,14H,5-10H2,1-4H3. The molecular formula is C13H27NO. The minimum Gasteiger partial charge on any atom is -0.377 e. The van der Waals surface area contributed by atoms with Crippen LogP contribution in [0.5, 0.6) is 0 Å². The lowest BCUT2D eigenvalue weighted by atomic mass is 9.82. The molecule has 0 heterocycles. The van der Waals surface area contributed by atoms with Gasteiger partial charge < -0.3 is 10.1 Å². The smallest absolute Gasteiger partial charge is 0.0746 e. The number of methoxy groups -OCH3 is 1. The summed E-state index contributed by atoms with van der Waals surface area (Å²) in [5.41, 5.74) is -0.0320. The van der Waals surface area contributed by atoms with Crippen molar-refractivity contribution in [2.75, 3.05) is 13.7 Å². The molecule has 1 rings (SSSR count). The summed E-state index contributed by atoms with van der Waals surface area (Å²) < 4.78 is 5.44. The van der Waals surface area contributed by atoms with Crippen LogP contribution in [-0.2, 0) is 4.74 Å². The Hall–Kier alpha value is -0.0800. The Balaban J connectivity index is 2.35. The van der Waals surface area contributed by atoms with Gasteiger partial charge in [-0.05, 0) is 32.6 Å². The van der Waals surface area contributed by atoms with Crippen LogP contribution in [0.15, 0.2) is 0 Å². The fourth-order valence-corrected chi connectivity index (χ4v) is 2.41. The Bertz CT molecular complexity index is 179. The van der Waals surface area contributed by atoms with Crippen molar-refractivity contribution in [1.82, 2.24) is 5.32 Å². The molecule has 90 valence electrons. The van der Waals surface area contributed by atoms with Crippen LogP contribution in [-0.4, -0.2) is 25.3 Å². The summed E-state index contributed by atoms with van der Waals surface area (Å²) in [4.78, 5) is 0. The summed E-state index contributed by atoms with van der Waals surface area (Å²) in [7, 11) is 1.79. The molecule has 2 nitrogen and oxygen atoms in total. The molecule has 0 aromatic rings. The molecular weight excluding hydrogens is 186 g/mol. The van der Waals surface area contributed by atoms with E-state index in [0.717, 1.165) is 18.5 Å². The van der Waals surface area contributed by atoms with Gasteiger partial charge in [-0.3, -0.25) is 0 Å². The lowest BCUT2D eigenvalue weighted by molar-refractivity contribution is 0.0178. The van der Waals surface area contributed by atoms with Gasteiger partial charge in [-0.2, -0.15) is 0 Å². The molecule has 0 saturated heterocycles. The quantitative estimate of drug-likeness (QED) is 0.758. The zero-order valence-electron chi connectivity index (χ0n) is 10.8. The fourth-order valence-electron chi connectivity index (χ4n) is 2.41. The Morgan fingerprint density at radius 3 is 2.53 bits per heavy atom. The van der Waals surface area contributed by atoms with Crippen molar-refractivity contribution in [1.29, 1.82) is 0 Å². The highest BCUT2D eigenvalue weighted by atomic mass is 16.5. The van der Waals surface area contributed by atoms with Gasteiger partial charge >= 0.3 is 0 Å². The minimum absolute atomic E-state index is 0.0320. The van der Waals surface area contributed by atoms with Gasteiger partial charge in [0, 0.05) is 19.7 Å². The molecule has 0 amide bonds. The predicted octanol–water partition coefficient (Wildman–Crippen LogP) is 2.97. The maximum Gasteiger partial charge on any atom is 0.0746 e. The number of hydrogen-bond donors (Lipinski definition) is 1. The second-order valence-corrected chi connectivity index (χ2v) is 5.40. The largest absolute Gasteiger partial charge is 0.377 e. The highest BCUT2D eigenvalue weighted by Gasteiger charge is 2.25. The van der Waals surface area contributed by atoms with E-state index >= 15 is 0 Å². The summed E-state index contributed by atoms with van der Waals surface area (Å²) in [6.07, 6.45) is 6.87. The van der Waals surface area contributed by atoms with E-state index in [2.05, 4.69) is 26.1 Å². The summed E-state index contributed by atoms with van der Waals surface area (Å²) >= 11 is 0. The van der Waals surface area contributed by atoms with Crippen molar-refractivity contribution in [3.8, 4) is 0 Å². The molecule has 0 aliphatic heterocycles. The van der Waals surface area contributed by atoms with E-state index in [4.69, 9.17) is 4.74 Å². The molecule has 0 radical (unpaired) electrons. The van der Waals surface area contributed by atoms with Crippen molar-refractivity contribution < 1.29 is 4.74 Å². The van der Waals surface area contributed by atoms with Crippen LogP contribution in [0.3, 0.4) is 0 Å². The van der Waals surface area contributed by atoms with Gasteiger partial charge in [0.15, 0.2) is 0 Å². The molecule has 1 aliphatic carbocycles. The average molecular weight is 213 g/mol. The molecule has 0 bridgehead atoms. The zero-order valence-corrected chi connectivity index (χ0v) is 10.8. The van der Waals surface area contributed by atoms with Crippen molar-refractivity contribution in [2.45, 2.75) is 64.5 Å². The highest BCUT2D eigenvalue weighted by Crippen LogP contribution is 2.27. The monoisotopic (exact) mass is 213 g/mol. The maximum absolute atomic E-state index is 5.44. The second kappa shape index (κ2) is 5.86. The number of ether oxygens (including phenoxy) is 1. The molecule has 1 aliphatic rings. The van der Waals surface area contributed by atoms with E-state index < -0.39 is 0 Å². The zero-order chi connectivity index (χ0) is 11.3. The first kappa shape index (κ1) is 13.0. The molecule has 0 spiro atoms. The van der Waals surface area contributed by atoms with Gasteiger partial charge in [0.2, 0.25) is 0 Å². The Kier molecular flexibility index (Phi) is 5.07. The third kappa shape index (κ3) is 4.12. The van der Waals surface area contributed by atoms with Crippen LogP contribution in [0.1, 0.15) is 52.9 Å². The maximum atomic E-state index is 5.44. The second-order valence-electron chi connectivity index (χ2n) is 5.40. The van der Waals surface area contributed by atoms with Gasteiger partial charge in [0.05, 0.1) is 5.60 Å². The van der Waals surface area contributed by atoms with Crippen LogP contribution >= 0.6 is 0 Å². The highest BCUT2D eigenvalue weighted by molar-refractivity contribution is 4.83. The van der Waals surface area contributed by atoms with Crippen molar-refractivity contribution in [3.63, 3.8) is 0 Å². The first-order chi connectivity index (χ1) is 7.09. The van der Waals surface area contributed by atoms with E-state index in [1.807, 2.05) is 0 Å². The van der Waals surface area contributed by atoms with E-state index in [9.17, 15) is 0 Å². The molecule has 1 fully saturated rings. The van der Waals surface area contributed by atoms with Gasteiger partial charge in [-0.1, -0.05) is 26.2 Å². The topological polar surface area (TPSA) is 21.3 Å². The fraction of sp³-hybridized carbons (Fsp3) is 1.00. The third-order valence-corrected chi connectivity index (χ3v) is 3.78. The van der Waals surface area contributed by atoms with E-state index in [1.165, 1.54) is 32.1 Å². The summed E-state index contributed by atoms with van der Waals surface area (Å²) in [5, 5.41) is 3.69. The summed E-state index contributed by atoms with van der Waals surface area (Å²) in [6.45, 7) is 7.56. The minimum atomic E-state index is -0.0320. The number of rotatable bonds is 5. The van der Waals surface area contributed by atoms with Crippen LogP contribution in [0.2, 0.25) is 0 Å². The normalized spacial score (nSPS) is 28.0. The van der Waals surface area contributed by atoms with Crippen molar-refractivity contribution >= 4 is 0 Å². The Morgan fingerprint density at radius 1 is 1.27 bits per heavy atom. The van der Waals surface area contributed by atoms with E-state index in [0.29, 0.717) is 0 Å². The Morgan fingerprint density at radius 2 is 1.93 bits per heavy atom. The van der Waals surface area contributed by atoms with Crippen LogP contribution in [0.4, 0.5) is 0 Å². The van der Waals surface area contributed by atoms with Crippen LogP contribution in [0, 0.1) is 5.92 Å². The molecule has 1 saturated carbocycles. The third-order valence-electron chi connectivity index (χ3n) is 3.78. The molecule has 1 N–H and O–H groups in total. The molecule has 2 unspecified atom stereocenters. The molecule has 0 aromatic heterocycles. The Labute approximate surface area is 94.8 Å². The predicted molar refractivity (Wildman–Crippen MR) is 65.1 cm³/mol. The first-order valence-corrected chi connectivity index (χ1v) is 6.37. The first-order valence-electron chi connectivity index (χ1n) is 6.37. The summed E-state index contributed by atoms with van der Waals surface area (Å²) in [6, 6.07) is 0.721. The van der Waals surface area contributed by atoms with Crippen LogP contribution in [0.25, 0.3) is 0 Å². The lowest BCUT2D eigenvalue weighted by Gasteiger charge is -2.34. The molecule has 2 heteroatoms. The van der Waals surface area contributed by atoms with Crippen molar-refractivity contribution in [3.05, 3.63) is 0 Å². The van der Waals surface area contributed by atoms with Gasteiger partial charge in [-0.25, -0.2) is 0 Å². The summed E-state index contributed by atoms with van der Waals surface area (Å²) in [5.74, 6) is 0.881. The van der Waals surface area contributed by atoms with Gasteiger partial charge in [0.1, 0.15) is 0 Å². The molecule has 15 heavy (non-hydrogen) atoms. The number of nitrogens with one attached hydrogen (secondary N) is 1. The molecule has 0 aromatic carbocycles. The van der Waals surface area contributed by atoms with Gasteiger partial charge in [-0.15, -0.1) is 0 Å². The lowest BCUT2D eigenvalue weighted by Crippen LogP contribution is -2.45. The van der Waals surface area contributed by atoms with Gasteiger partial charge in [0.25, 0.3) is 0 Å². The van der Waals surface area contributed by atoms with Crippen LogP contribution < -0.4 is 5.32 Å². The van der Waals surface area contributed by atoms with E-state index in [1.54, 1.807) is 7.11 Å². The van der Waals surface area contributed by atoms with Crippen molar-refractivity contribution in [2.24, 2.45) is 5.92 Å².